The van der Waals surface area contributed by atoms with Gasteiger partial charge in [-0.2, -0.15) is 0 Å². The predicted octanol–water partition coefficient (Wildman–Crippen LogP) is 14.4. The fraction of sp³-hybridized carbons (Fsp3) is 0. The molecule has 2 nitrogen and oxygen atoms in total. The summed E-state index contributed by atoms with van der Waals surface area (Å²) in [6.07, 6.45) is 5.65. The van der Waals surface area contributed by atoms with Crippen molar-refractivity contribution >= 4 is 61.2 Å². The fourth-order valence-corrected chi connectivity index (χ4v) is 6.92. The highest BCUT2D eigenvalue weighted by molar-refractivity contribution is 5.93. The van der Waals surface area contributed by atoms with Crippen molar-refractivity contribution in [3.8, 4) is 11.1 Å². The average molecular weight is 667 g/mol. The topological polar surface area (TPSA) is 6.48 Å². The monoisotopic (exact) mass is 666 g/mol. The molecule has 52 heavy (non-hydrogen) atoms. The van der Waals surface area contributed by atoms with Crippen LogP contribution in [0.25, 0.3) is 38.2 Å². The zero-order valence-electron chi connectivity index (χ0n) is 28.9. The highest BCUT2D eigenvalue weighted by Gasteiger charge is 2.17. The molecule has 0 saturated heterocycles. The molecule has 0 fully saturated rings. The van der Waals surface area contributed by atoms with E-state index in [-0.39, 0.29) is 0 Å². The summed E-state index contributed by atoms with van der Waals surface area (Å²) in [5, 5.41) is 4.86. The number of allylic oxidation sites excluding steroid dienone is 4. The summed E-state index contributed by atoms with van der Waals surface area (Å²) in [4.78, 5) is 4.66. The molecule has 0 unspecified atom stereocenters. The third kappa shape index (κ3) is 6.54. The number of hydrogen-bond acceptors (Lipinski definition) is 2. The maximum Gasteiger partial charge on any atom is 0.0468 e. The van der Waals surface area contributed by atoms with E-state index >= 15 is 0 Å². The van der Waals surface area contributed by atoms with Gasteiger partial charge in [0.2, 0.25) is 0 Å². The SMILES string of the molecule is C=CC=C(C=C)c1ccc(N(c2ccc(-c3ccccc3)cc2)c2ccc(N(c3ccc4ccccc4c3)c3ccc4ccccc4c3)cc2)cc1. The van der Waals surface area contributed by atoms with Crippen LogP contribution in [0, 0.1) is 0 Å². The lowest BCUT2D eigenvalue weighted by Gasteiger charge is -2.29. The minimum absolute atomic E-state index is 1.03. The number of benzene rings is 8. The normalized spacial score (nSPS) is 11.3. The average Bonchev–Trinajstić information content (AvgIpc) is 3.21. The van der Waals surface area contributed by atoms with Gasteiger partial charge in [0, 0.05) is 34.1 Å². The zero-order chi connectivity index (χ0) is 35.3. The number of fused-ring (bicyclic) bond motifs is 2. The lowest BCUT2D eigenvalue weighted by atomic mass is 10.0. The minimum atomic E-state index is 1.03. The van der Waals surface area contributed by atoms with Gasteiger partial charge in [-0.25, -0.2) is 0 Å². The molecule has 0 saturated carbocycles. The first-order chi connectivity index (χ1) is 25.7. The Bertz CT molecular complexity index is 2450. The third-order valence-corrected chi connectivity index (χ3v) is 9.56. The van der Waals surface area contributed by atoms with E-state index in [4.69, 9.17) is 0 Å². The summed E-state index contributed by atoms with van der Waals surface area (Å²) in [6.45, 7) is 7.88. The molecule has 0 atom stereocenters. The molecule has 248 valence electrons. The van der Waals surface area contributed by atoms with Crippen molar-refractivity contribution in [1.29, 1.82) is 0 Å². The molecule has 0 aliphatic heterocycles. The maximum atomic E-state index is 4.01. The highest BCUT2D eigenvalue weighted by atomic mass is 15.2. The summed E-state index contributed by atoms with van der Waals surface area (Å²) >= 11 is 0. The molecule has 8 aromatic rings. The van der Waals surface area contributed by atoms with Gasteiger partial charge in [-0.05, 0) is 117 Å². The van der Waals surface area contributed by atoms with Crippen LogP contribution in [0.5, 0.6) is 0 Å². The molecular formula is C50H38N2. The Morgan fingerprint density at radius 1 is 0.365 bits per heavy atom. The quantitative estimate of drug-likeness (QED) is 0.134. The molecule has 8 rings (SSSR count). The molecule has 0 N–H and O–H groups in total. The van der Waals surface area contributed by atoms with E-state index in [9.17, 15) is 0 Å². The Kier molecular flexibility index (Phi) is 9.03. The maximum absolute atomic E-state index is 4.01. The van der Waals surface area contributed by atoms with Crippen molar-refractivity contribution in [1.82, 2.24) is 0 Å². The highest BCUT2D eigenvalue weighted by Crippen LogP contribution is 2.41. The first-order valence-electron chi connectivity index (χ1n) is 17.6. The predicted molar refractivity (Wildman–Crippen MR) is 225 cm³/mol. The van der Waals surface area contributed by atoms with Crippen LogP contribution in [-0.4, -0.2) is 0 Å². The summed E-state index contributed by atoms with van der Waals surface area (Å²) in [5.41, 5.74) is 11.0. The molecule has 0 aromatic heterocycles. The van der Waals surface area contributed by atoms with E-state index in [1.165, 1.54) is 32.7 Å². The van der Waals surface area contributed by atoms with Gasteiger partial charge in [0.05, 0.1) is 0 Å². The second-order valence-electron chi connectivity index (χ2n) is 12.8. The number of anilines is 6. The zero-order valence-corrected chi connectivity index (χ0v) is 28.9. The van der Waals surface area contributed by atoms with E-state index in [1.807, 2.05) is 12.2 Å². The first kappa shape index (κ1) is 32.3. The van der Waals surface area contributed by atoms with Crippen molar-refractivity contribution in [3.63, 3.8) is 0 Å². The molecule has 0 heterocycles. The first-order valence-corrected chi connectivity index (χ1v) is 17.6. The van der Waals surface area contributed by atoms with Crippen molar-refractivity contribution in [2.24, 2.45) is 0 Å². The van der Waals surface area contributed by atoms with Crippen LogP contribution in [0.15, 0.2) is 219 Å². The Hall–Kier alpha value is -6.90. The minimum Gasteiger partial charge on any atom is -0.311 e. The summed E-state index contributed by atoms with van der Waals surface area (Å²) < 4.78 is 0. The summed E-state index contributed by atoms with van der Waals surface area (Å²) in [7, 11) is 0. The van der Waals surface area contributed by atoms with Crippen molar-refractivity contribution < 1.29 is 0 Å². The number of rotatable bonds is 10. The third-order valence-electron chi connectivity index (χ3n) is 9.56. The van der Waals surface area contributed by atoms with E-state index in [0.29, 0.717) is 0 Å². The van der Waals surface area contributed by atoms with Crippen LogP contribution in [0.2, 0.25) is 0 Å². The Balaban J connectivity index is 1.22. The van der Waals surface area contributed by atoms with E-state index in [1.54, 1.807) is 6.08 Å². The second-order valence-corrected chi connectivity index (χ2v) is 12.8. The van der Waals surface area contributed by atoms with Crippen LogP contribution < -0.4 is 9.80 Å². The van der Waals surface area contributed by atoms with Crippen LogP contribution in [0.1, 0.15) is 5.56 Å². The molecule has 0 amide bonds. The number of nitrogens with zero attached hydrogens (tertiary/aromatic N) is 2. The molecule has 0 aliphatic rings. The largest absolute Gasteiger partial charge is 0.311 e. The lowest BCUT2D eigenvalue weighted by Crippen LogP contribution is -2.12. The Labute approximate surface area is 306 Å². The van der Waals surface area contributed by atoms with Gasteiger partial charge in [-0.3, -0.25) is 0 Å². The van der Waals surface area contributed by atoms with Crippen LogP contribution in [0.4, 0.5) is 34.1 Å². The number of hydrogen-bond donors (Lipinski definition) is 0. The molecule has 8 aromatic carbocycles. The fourth-order valence-electron chi connectivity index (χ4n) is 6.92. The van der Waals surface area contributed by atoms with Gasteiger partial charge in [-0.15, -0.1) is 0 Å². The van der Waals surface area contributed by atoms with Gasteiger partial charge in [-0.1, -0.05) is 147 Å². The smallest absolute Gasteiger partial charge is 0.0468 e. The van der Waals surface area contributed by atoms with E-state index < -0.39 is 0 Å². The Morgan fingerprint density at radius 2 is 0.750 bits per heavy atom. The molecule has 0 radical (unpaired) electrons. The molecular weight excluding hydrogens is 629 g/mol. The molecule has 0 spiro atoms. The van der Waals surface area contributed by atoms with Crippen LogP contribution >= 0.6 is 0 Å². The molecule has 2 heteroatoms. The summed E-state index contributed by atoms with van der Waals surface area (Å²) in [5.74, 6) is 0. The standard InChI is InChI=1S/C50H38N2/c1-3-12-37(4-2)41-19-25-45(26-20-41)51(46-27-21-42(22-28-46)38-13-6-5-7-14-38)47-31-33-48(34-32-47)52(49-29-23-39-15-8-10-17-43(39)35-49)50-30-24-40-16-9-11-18-44(40)36-50/h3-36H,1-2H2. The van der Waals surface area contributed by atoms with Crippen LogP contribution in [0.3, 0.4) is 0 Å². The molecule has 0 aliphatic carbocycles. The van der Waals surface area contributed by atoms with Gasteiger partial charge in [0.15, 0.2) is 0 Å². The van der Waals surface area contributed by atoms with Crippen molar-refractivity contribution in [3.05, 3.63) is 225 Å². The van der Waals surface area contributed by atoms with Gasteiger partial charge < -0.3 is 9.80 Å². The van der Waals surface area contributed by atoms with Crippen molar-refractivity contribution in [2.75, 3.05) is 9.80 Å². The summed E-state index contributed by atoms with van der Waals surface area (Å²) in [6, 6.07) is 67.3. The Morgan fingerprint density at radius 3 is 1.23 bits per heavy atom. The second kappa shape index (κ2) is 14.5. The van der Waals surface area contributed by atoms with Crippen molar-refractivity contribution in [2.45, 2.75) is 0 Å². The lowest BCUT2D eigenvalue weighted by molar-refractivity contribution is 1.26. The van der Waals surface area contributed by atoms with E-state index in [0.717, 1.165) is 45.3 Å². The van der Waals surface area contributed by atoms with Gasteiger partial charge in [0.1, 0.15) is 0 Å². The molecule has 0 bridgehead atoms. The van der Waals surface area contributed by atoms with Gasteiger partial charge >= 0.3 is 0 Å². The van der Waals surface area contributed by atoms with Gasteiger partial charge in [0.25, 0.3) is 0 Å². The van der Waals surface area contributed by atoms with E-state index in [2.05, 4.69) is 211 Å². The van der Waals surface area contributed by atoms with Crippen LogP contribution in [-0.2, 0) is 0 Å².